The van der Waals surface area contributed by atoms with E-state index in [1.807, 2.05) is 12.1 Å². The molecule has 0 aromatic carbocycles. The van der Waals surface area contributed by atoms with Crippen LogP contribution in [0.15, 0.2) is 48.8 Å². The fraction of sp³-hybridized carbons (Fsp3) is 0.0769. The predicted octanol–water partition coefficient (Wildman–Crippen LogP) is 1.28. The number of ether oxygens (including phenoxy) is 1. The zero-order valence-corrected chi connectivity index (χ0v) is 10.9. The first kappa shape index (κ1) is 15.9. The van der Waals surface area contributed by atoms with Crippen molar-refractivity contribution in [1.29, 1.82) is 0 Å². The van der Waals surface area contributed by atoms with E-state index in [0.29, 0.717) is 11.4 Å². The number of aromatic nitrogens is 2. The number of nitrogens with two attached hydrogens (primary N) is 2. The zero-order chi connectivity index (χ0) is 15.7. The van der Waals surface area contributed by atoms with Crippen molar-refractivity contribution in [2.75, 3.05) is 0 Å². The molecule has 0 spiro atoms. The number of carbonyl (C=O) groups excluding carboxylic acids is 1. The summed E-state index contributed by atoms with van der Waals surface area (Å²) in [7, 11) is 0. The first-order chi connectivity index (χ1) is 10.0. The molecule has 0 aliphatic carbocycles. The molecule has 2 aromatic rings. The molecule has 0 unspecified atom stereocenters. The third kappa shape index (κ3) is 6.01. The summed E-state index contributed by atoms with van der Waals surface area (Å²) in [5.41, 5.74) is 10.3. The van der Waals surface area contributed by atoms with Gasteiger partial charge < -0.3 is 21.3 Å². The maximum absolute atomic E-state index is 10.9. The Bertz CT molecular complexity index is 534. The van der Waals surface area contributed by atoms with Gasteiger partial charge in [0.1, 0.15) is 0 Å². The van der Waals surface area contributed by atoms with Gasteiger partial charge in [-0.3, -0.25) is 9.97 Å². The topological polar surface area (TPSA) is 141 Å². The number of primary amides is 2. The molecule has 5 N–H and O–H groups in total. The van der Waals surface area contributed by atoms with E-state index in [-0.39, 0.29) is 0 Å². The average molecular weight is 290 g/mol. The van der Waals surface area contributed by atoms with Gasteiger partial charge >= 0.3 is 12.2 Å². The number of hydrogen-bond donors (Lipinski definition) is 3. The summed E-state index contributed by atoms with van der Waals surface area (Å²) in [6.45, 7) is 0. The van der Waals surface area contributed by atoms with Gasteiger partial charge in [-0.15, -0.1) is 0 Å². The minimum absolute atomic E-state index is 0.588. The Balaban J connectivity index is 0.000000491. The quantitative estimate of drug-likeness (QED) is 0.777. The van der Waals surface area contributed by atoms with Gasteiger partial charge in [-0.05, 0) is 24.3 Å². The lowest BCUT2D eigenvalue weighted by molar-refractivity contribution is 0.122. The number of rotatable bonds is 3. The summed E-state index contributed by atoms with van der Waals surface area (Å²) < 4.78 is 5.04. The standard InChI is InChI=1S/C12H11N3O2.CH3NO2/c13-12(16)17-11(9-5-1-3-7-14-9)10-6-2-4-8-15-10;2-1(3)4/h1-8,11H,(H2,13,16);2H2,(H,3,4). The molecule has 2 rings (SSSR count). The highest BCUT2D eigenvalue weighted by Crippen LogP contribution is 2.21. The molecule has 0 aliphatic heterocycles. The van der Waals surface area contributed by atoms with E-state index < -0.39 is 18.3 Å². The van der Waals surface area contributed by atoms with Crippen molar-refractivity contribution in [1.82, 2.24) is 9.97 Å². The molecule has 8 nitrogen and oxygen atoms in total. The largest absolute Gasteiger partial charge is 0.465 e. The second-order valence-electron chi connectivity index (χ2n) is 3.66. The number of carbonyl (C=O) groups is 2. The molecule has 0 saturated heterocycles. The van der Waals surface area contributed by atoms with Gasteiger partial charge in [-0.25, -0.2) is 9.59 Å². The van der Waals surface area contributed by atoms with Crippen LogP contribution in [0.3, 0.4) is 0 Å². The fourth-order valence-electron chi connectivity index (χ4n) is 1.45. The normalized spacial score (nSPS) is 9.38. The number of pyridine rings is 2. The minimum Gasteiger partial charge on any atom is -0.465 e. The summed E-state index contributed by atoms with van der Waals surface area (Å²) in [5.74, 6) is 0. The van der Waals surface area contributed by atoms with Crippen LogP contribution in [0.1, 0.15) is 17.5 Å². The van der Waals surface area contributed by atoms with E-state index in [1.165, 1.54) is 0 Å². The molecular weight excluding hydrogens is 276 g/mol. The molecule has 0 fully saturated rings. The van der Waals surface area contributed by atoms with Crippen molar-refractivity contribution in [2.45, 2.75) is 6.10 Å². The van der Waals surface area contributed by atoms with Crippen LogP contribution in [-0.2, 0) is 4.74 Å². The molecule has 110 valence electrons. The van der Waals surface area contributed by atoms with E-state index in [0.717, 1.165) is 0 Å². The molecule has 2 aromatic heterocycles. The molecule has 0 bridgehead atoms. The minimum atomic E-state index is -1.33. The third-order valence-electron chi connectivity index (χ3n) is 2.15. The Hall–Kier alpha value is -3.16. The smallest absolute Gasteiger partial charge is 0.405 e. The molecule has 2 heterocycles. The molecule has 2 amide bonds. The summed E-state index contributed by atoms with van der Waals surface area (Å²) in [5, 5.41) is 7.19. The molecule has 21 heavy (non-hydrogen) atoms. The molecule has 0 saturated carbocycles. The van der Waals surface area contributed by atoms with Crippen molar-refractivity contribution in [3.8, 4) is 0 Å². The van der Waals surface area contributed by atoms with Crippen molar-refractivity contribution in [3.05, 3.63) is 60.2 Å². The van der Waals surface area contributed by atoms with Crippen molar-refractivity contribution >= 4 is 12.2 Å². The Labute approximate surface area is 120 Å². The van der Waals surface area contributed by atoms with Crippen molar-refractivity contribution in [2.24, 2.45) is 11.5 Å². The lowest BCUT2D eigenvalue weighted by Gasteiger charge is -2.15. The van der Waals surface area contributed by atoms with E-state index in [2.05, 4.69) is 15.7 Å². The first-order valence-corrected chi connectivity index (χ1v) is 5.77. The first-order valence-electron chi connectivity index (χ1n) is 5.77. The Morgan fingerprint density at radius 3 is 1.71 bits per heavy atom. The average Bonchev–Trinajstić information content (AvgIpc) is 2.46. The Morgan fingerprint density at radius 1 is 1.00 bits per heavy atom. The summed E-state index contributed by atoms with van der Waals surface area (Å²) in [6, 6.07) is 10.7. The third-order valence-corrected chi connectivity index (χ3v) is 2.15. The van der Waals surface area contributed by atoms with Gasteiger partial charge in [0.05, 0.1) is 11.4 Å². The van der Waals surface area contributed by atoms with Crippen LogP contribution in [0.2, 0.25) is 0 Å². The number of nitrogens with zero attached hydrogens (tertiary/aromatic N) is 2. The highest BCUT2D eigenvalue weighted by Gasteiger charge is 2.19. The molecule has 0 radical (unpaired) electrons. The van der Waals surface area contributed by atoms with Crippen LogP contribution in [0, 0.1) is 0 Å². The lowest BCUT2D eigenvalue weighted by Crippen LogP contribution is -2.19. The van der Waals surface area contributed by atoms with Crippen molar-refractivity contribution < 1.29 is 19.4 Å². The van der Waals surface area contributed by atoms with Crippen molar-refractivity contribution in [3.63, 3.8) is 0 Å². The van der Waals surface area contributed by atoms with Crippen LogP contribution < -0.4 is 11.5 Å². The van der Waals surface area contributed by atoms with Gasteiger partial charge in [0.2, 0.25) is 0 Å². The monoisotopic (exact) mass is 290 g/mol. The SMILES string of the molecule is NC(=O)O.NC(=O)OC(c1ccccn1)c1ccccn1. The number of amides is 2. The van der Waals surface area contributed by atoms with Crippen LogP contribution in [0.4, 0.5) is 9.59 Å². The maximum atomic E-state index is 10.9. The van der Waals surface area contributed by atoms with Crippen LogP contribution in [0.5, 0.6) is 0 Å². The van der Waals surface area contributed by atoms with Gasteiger partial charge in [0, 0.05) is 12.4 Å². The van der Waals surface area contributed by atoms with E-state index in [1.54, 1.807) is 36.7 Å². The fourth-order valence-corrected chi connectivity index (χ4v) is 1.45. The summed E-state index contributed by atoms with van der Waals surface area (Å²) >= 11 is 0. The van der Waals surface area contributed by atoms with Crippen LogP contribution in [0.25, 0.3) is 0 Å². The zero-order valence-electron chi connectivity index (χ0n) is 10.9. The second kappa shape index (κ2) is 8.10. The molecule has 0 atom stereocenters. The van der Waals surface area contributed by atoms with Gasteiger partial charge in [0.15, 0.2) is 6.10 Å². The second-order valence-corrected chi connectivity index (χ2v) is 3.66. The Kier molecular flexibility index (Phi) is 6.13. The highest BCUT2D eigenvalue weighted by atomic mass is 16.6. The molecular formula is C13H14N4O4. The van der Waals surface area contributed by atoms with Gasteiger partial charge in [0.25, 0.3) is 0 Å². The maximum Gasteiger partial charge on any atom is 0.405 e. The molecule has 0 aliphatic rings. The van der Waals surface area contributed by atoms with Crippen LogP contribution in [-0.4, -0.2) is 27.3 Å². The van der Waals surface area contributed by atoms with Gasteiger partial charge in [-0.1, -0.05) is 12.1 Å². The van der Waals surface area contributed by atoms with Crippen LogP contribution >= 0.6 is 0 Å². The lowest BCUT2D eigenvalue weighted by atomic mass is 10.1. The van der Waals surface area contributed by atoms with Gasteiger partial charge in [-0.2, -0.15) is 0 Å². The van der Waals surface area contributed by atoms with E-state index >= 15 is 0 Å². The van der Waals surface area contributed by atoms with E-state index in [9.17, 15) is 4.79 Å². The highest BCUT2D eigenvalue weighted by molar-refractivity contribution is 5.65. The number of carboxylic acid groups (broad SMARTS) is 1. The summed E-state index contributed by atoms with van der Waals surface area (Å²) in [6.07, 6.45) is 0.381. The molecule has 8 heteroatoms. The predicted molar refractivity (Wildman–Crippen MR) is 73.2 cm³/mol. The number of hydrogen-bond acceptors (Lipinski definition) is 5. The summed E-state index contributed by atoms with van der Waals surface area (Å²) in [4.78, 5) is 28.0. The Morgan fingerprint density at radius 2 is 1.43 bits per heavy atom. The van der Waals surface area contributed by atoms with E-state index in [4.69, 9.17) is 20.4 Å².